The van der Waals surface area contributed by atoms with Gasteiger partial charge in [-0.15, -0.1) is 0 Å². The summed E-state index contributed by atoms with van der Waals surface area (Å²) in [6, 6.07) is 1.87. The van der Waals surface area contributed by atoms with E-state index in [9.17, 15) is 0 Å². The molecule has 1 rings (SSSR count). The molecule has 0 unspecified atom stereocenters. The minimum atomic E-state index is 0.633. The van der Waals surface area contributed by atoms with Crippen molar-refractivity contribution in [3.8, 4) is 5.75 Å². The number of anilines is 1. The van der Waals surface area contributed by atoms with Gasteiger partial charge in [0.25, 0.3) is 0 Å². The van der Waals surface area contributed by atoms with Crippen LogP contribution in [0, 0.1) is 0 Å². The Labute approximate surface area is 78.3 Å². The highest BCUT2D eigenvalue weighted by Gasteiger charge is 2.03. The molecule has 0 aliphatic rings. The molecular weight excluding hydrogens is 166 g/mol. The van der Waals surface area contributed by atoms with Gasteiger partial charge in [0.15, 0.2) is 18.1 Å². The summed E-state index contributed by atoms with van der Waals surface area (Å²) in [5.74, 6) is 0.744. The van der Waals surface area contributed by atoms with Gasteiger partial charge >= 0.3 is 0 Å². The first-order valence-electron chi connectivity index (χ1n) is 4.26. The molecule has 0 saturated carbocycles. The molecule has 4 nitrogen and oxygen atoms in total. The third-order valence-electron chi connectivity index (χ3n) is 1.70. The normalized spacial score (nSPS) is 10.0. The van der Waals surface area contributed by atoms with Gasteiger partial charge < -0.3 is 15.8 Å². The predicted octanol–water partition coefficient (Wildman–Crippen LogP) is -0.308. The Balaban J connectivity index is 2.56. The lowest BCUT2D eigenvalue weighted by atomic mass is 10.4. The minimum Gasteiger partial charge on any atom is -0.490 e. The Morgan fingerprint density at radius 2 is 2.38 bits per heavy atom. The number of hydrogen-bond acceptors (Lipinski definition) is 3. The summed E-state index contributed by atoms with van der Waals surface area (Å²) in [6.45, 7) is 1.45. The van der Waals surface area contributed by atoms with Crippen molar-refractivity contribution >= 4 is 5.69 Å². The van der Waals surface area contributed by atoms with Crippen molar-refractivity contribution in [2.75, 3.05) is 25.9 Å². The second-order valence-electron chi connectivity index (χ2n) is 2.88. The molecule has 0 amide bonds. The van der Waals surface area contributed by atoms with E-state index in [2.05, 4.69) is 5.32 Å². The molecule has 13 heavy (non-hydrogen) atoms. The maximum atomic E-state index is 5.74. The molecular formula is C9H16N3O+. The van der Waals surface area contributed by atoms with Crippen molar-refractivity contribution in [3.05, 3.63) is 18.5 Å². The largest absolute Gasteiger partial charge is 0.490 e. The average Bonchev–Trinajstić information content (AvgIpc) is 2.09. The number of nitrogen functional groups attached to an aromatic ring is 1. The fourth-order valence-corrected chi connectivity index (χ4v) is 1.00. The number of nitrogens with zero attached hydrogens (tertiary/aromatic N) is 1. The van der Waals surface area contributed by atoms with Gasteiger partial charge in [-0.3, -0.25) is 0 Å². The van der Waals surface area contributed by atoms with Gasteiger partial charge in [-0.1, -0.05) is 0 Å². The second kappa shape index (κ2) is 4.67. The van der Waals surface area contributed by atoms with Crippen LogP contribution in [0.25, 0.3) is 0 Å². The summed E-state index contributed by atoms with van der Waals surface area (Å²) in [6.07, 6.45) is 3.74. The fourth-order valence-electron chi connectivity index (χ4n) is 1.00. The van der Waals surface area contributed by atoms with Crippen LogP contribution in [0.3, 0.4) is 0 Å². The number of rotatable bonds is 4. The maximum Gasteiger partial charge on any atom is 0.195 e. The summed E-state index contributed by atoms with van der Waals surface area (Å²) in [7, 11) is 3.81. The van der Waals surface area contributed by atoms with Crippen LogP contribution in [0.15, 0.2) is 18.5 Å². The summed E-state index contributed by atoms with van der Waals surface area (Å²) in [4.78, 5) is 0. The topological polar surface area (TPSA) is 51.2 Å². The zero-order valence-corrected chi connectivity index (χ0v) is 8.08. The third kappa shape index (κ3) is 2.91. The first kappa shape index (κ1) is 9.80. The highest BCUT2D eigenvalue weighted by Crippen LogP contribution is 2.16. The number of nitrogens with one attached hydrogen (secondary N) is 1. The molecule has 0 aliphatic carbocycles. The monoisotopic (exact) mass is 182 g/mol. The number of nitrogens with two attached hydrogens (primary N) is 1. The number of hydrogen-bond donors (Lipinski definition) is 2. The van der Waals surface area contributed by atoms with Crippen LogP contribution in [0.1, 0.15) is 0 Å². The van der Waals surface area contributed by atoms with Gasteiger partial charge in [0.1, 0.15) is 19.3 Å². The lowest BCUT2D eigenvalue weighted by molar-refractivity contribution is -0.670. The Bertz CT molecular complexity index is 276. The van der Waals surface area contributed by atoms with Gasteiger partial charge in [-0.25, -0.2) is 4.57 Å². The third-order valence-corrected chi connectivity index (χ3v) is 1.70. The minimum absolute atomic E-state index is 0.633. The highest BCUT2D eigenvalue weighted by molar-refractivity contribution is 5.48. The Morgan fingerprint density at radius 3 is 3.00 bits per heavy atom. The van der Waals surface area contributed by atoms with E-state index in [0.29, 0.717) is 12.3 Å². The van der Waals surface area contributed by atoms with E-state index < -0.39 is 0 Å². The average molecular weight is 182 g/mol. The van der Waals surface area contributed by atoms with Gasteiger partial charge in [0, 0.05) is 12.6 Å². The molecule has 3 N–H and O–H groups in total. The molecule has 0 atom stereocenters. The molecule has 1 aromatic heterocycles. The summed E-state index contributed by atoms with van der Waals surface area (Å²) in [5.41, 5.74) is 6.41. The van der Waals surface area contributed by atoms with Gasteiger partial charge in [0.05, 0.1) is 0 Å². The first-order chi connectivity index (χ1) is 6.24. The van der Waals surface area contributed by atoms with Gasteiger partial charge in [-0.05, 0) is 7.05 Å². The number of ether oxygens (including phenoxy) is 1. The van der Waals surface area contributed by atoms with E-state index in [1.54, 1.807) is 0 Å². The van der Waals surface area contributed by atoms with Crippen molar-refractivity contribution in [1.82, 2.24) is 5.32 Å². The maximum absolute atomic E-state index is 5.74. The lowest BCUT2D eigenvalue weighted by Gasteiger charge is -2.06. The van der Waals surface area contributed by atoms with Crippen LogP contribution in [-0.2, 0) is 7.05 Å². The molecule has 0 radical (unpaired) electrons. The molecule has 1 heterocycles. The molecule has 0 spiro atoms. The van der Waals surface area contributed by atoms with Crippen LogP contribution in [0.5, 0.6) is 5.75 Å². The molecule has 4 heteroatoms. The molecule has 0 saturated heterocycles. The molecule has 0 aromatic carbocycles. The van der Waals surface area contributed by atoms with Crippen LogP contribution in [0.4, 0.5) is 5.69 Å². The Hall–Kier alpha value is -1.29. The smallest absolute Gasteiger partial charge is 0.195 e. The zero-order chi connectivity index (χ0) is 9.68. The standard InChI is InChI=1S/C9H16N3O/c1-11-4-6-13-9-3-5-12(2)7-8(9)10/h3,5,7,11H,4,6,10H2,1-2H3/q+1. The quantitative estimate of drug-likeness (QED) is 0.496. The summed E-state index contributed by atoms with van der Waals surface area (Å²) >= 11 is 0. The predicted molar refractivity (Wildman–Crippen MR) is 51.5 cm³/mol. The second-order valence-corrected chi connectivity index (χ2v) is 2.88. The molecule has 1 aromatic rings. The van der Waals surface area contributed by atoms with E-state index in [4.69, 9.17) is 10.5 Å². The van der Waals surface area contributed by atoms with Crippen molar-refractivity contribution in [1.29, 1.82) is 0 Å². The van der Waals surface area contributed by atoms with Crippen molar-refractivity contribution < 1.29 is 9.30 Å². The zero-order valence-electron chi connectivity index (χ0n) is 8.08. The Kier molecular flexibility index (Phi) is 3.52. The van der Waals surface area contributed by atoms with Crippen LogP contribution < -0.4 is 20.4 Å². The van der Waals surface area contributed by atoms with Crippen molar-refractivity contribution in [2.24, 2.45) is 7.05 Å². The summed E-state index contributed by atoms with van der Waals surface area (Å²) in [5, 5.41) is 3.00. The summed E-state index contributed by atoms with van der Waals surface area (Å²) < 4.78 is 7.32. The van der Waals surface area contributed by atoms with Crippen molar-refractivity contribution in [3.63, 3.8) is 0 Å². The molecule has 0 aliphatic heterocycles. The van der Waals surface area contributed by atoms with Gasteiger partial charge in [-0.2, -0.15) is 0 Å². The van der Waals surface area contributed by atoms with Crippen molar-refractivity contribution in [2.45, 2.75) is 0 Å². The number of aryl methyl sites for hydroxylation is 1. The van der Waals surface area contributed by atoms with Crippen LogP contribution in [-0.4, -0.2) is 20.2 Å². The SMILES string of the molecule is CNCCOc1cc[n+](C)cc1N. The molecule has 0 fully saturated rings. The fraction of sp³-hybridized carbons (Fsp3) is 0.444. The lowest BCUT2D eigenvalue weighted by Crippen LogP contribution is -2.27. The highest BCUT2D eigenvalue weighted by atomic mass is 16.5. The number of pyridine rings is 1. The van der Waals surface area contributed by atoms with E-state index in [1.807, 2.05) is 37.1 Å². The van der Waals surface area contributed by atoms with Gasteiger partial charge in [0.2, 0.25) is 0 Å². The van der Waals surface area contributed by atoms with E-state index in [-0.39, 0.29) is 0 Å². The molecule has 72 valence electrons. The van der Waals surface area contributed by atoms with E-state index >= 15 is 0 Å². The van der Waals surface area contributed by atoms with E-state index in [0.717, 1.165) is 12.3 Å². The number of likely N-dealkylation sites (N-methyl/N-ethyl adjacent to an activating group) is 1. The first-order valence-corrected chi connectivity index (χ1v) is 4.26. The molecule has 0 bridgehead atoms. The van der Waals surface area contributed by atoms with Crippen LogP contribution in [0.2, 0.25) is 0 Å². The Morgan fingerprint density at radius 1 is 1.62 bits per heavy atom. The van der Waals surface area contributed by atoms with Crippen LogP contribution >= 0.6 is 0 Å². The van der Waals surface area contributed by atoms with E-state index in [1.165, 1.54) is 0 Å². The number of aromatic nitrogens is 1.